The summed E-state index contributed by atoms with van der Waals surface area (Å²) in [5.74, 6) is -0.166. The summed E-state index contributed by atoms with van der Waals surface area (Å²) in [7, 11) is -3.58. The van der Waals surface area contributed by atoms with E-state index in [1.54, 1.807) is 0 Å². The standard InChI is InChI=1S/C12H17ClN2O3S/c1-2-8-14-12(16)7-9-15-19(17,18)11-5-3-10(13)4-6-11/h3-6,15H,2,7-9H2,1H3,(H,14,16). The van der Waals surface area contributed by atoms with Crippen molar-refractivity contribution in [3.8, 4) is 0 Å². The summed E-state index contributed by atoms with van der Waals surface area (Å²) in [6, 6.07) is 5.85. The minimum absolute atomic E-state index is 0.0699. The zero-order valence-corrected chi connectivity index (χ0v) is 12.2. The molecule has 1 aromatic rings. The molecule has 1 rings (SSSR count). The van der Waals surface area contributed by atoms with Crippen molar-refractivity contribution in [2.45, 2.75) is 24.7 Å². The Morgan fingerprint density at radius 3 is 2.42 bits per heavy atom. The van der Waals surface area contributed by atoms with Crippen LogP contribution in [0.4, 0.5) is 0 Å². The number of sulfonamides is 1. The van der Waals surface area contributed by atoms with Gasteiger partial charge in [-0.1, -0.05) is 18.5 Å². The first-order valence-corrected chi connectivity index (χ1v) is 7.83. The highest BCUT2D eigenvalue weighted by Crippen LogP contribution is 2.13. The van der Waals surface area contributed by atoms with E-state index in [1.807, 2.05) is 6.92 Å². The fourth-order valence-corrected chi connectivity index (χ4v) is 2.51. The molecule has 7 heteroatoms. The van der Waals surface area contributed by atoms with Crippen molar-refractivity contribution in [1.82, 2.24) is 10.0 Å². The molecule has 0 saturated heterocycles. The molecule has 0 aliphatic carbocycles. The van der Waals surface area contributed by atoms with Crippen LogP contribution in [0.15, 0.2) is 29.2 Å². The Bertz CT molecular complexity index is 514. The van der Waals surface area contributed by atoms with E-state index in [0.29, 0.717) is 11.6 Å². The summed E-state index contributed by atoms with van der Waals surface area (Å²) in [4.78, 5) is 11.4. The first-order valence-electron chi connectivity index (χ1n) is 5.97. The topological polar surface area (TPSA) is 75.3 Å². The summed E-state index contributed by atoms with van der Waals surface area (Å²) in [6.45, 7) is 2.62. The lowest BCUT2D eigenvalue weighted by molar-refractivity contribution is -0.120. The number of amides is 1. The van der Waals surface area contributed by atoms with E-state index >= 15 is 0 Å². The molecule has 0 unspecified atom stereocenters. The van der Waals surface area contributed by atoms with Crippen LogP contribution in [0.25, 0.3) is 0 Å². The van der Waals surface area contributed by atoms with Crippen LogP contribution in [0.2, 0.25) is 5.02 Å². The molecule has 0 spiro atoms. The normalized spacial score (nSPS) is 11.3. The fraction of sp³-hybridized carbons (Fsp3) is 0.417. The van der Waals surface area contributed by atoms with Gasteiger partial charge in [-0.25, -0.2) is 13.1 Å². The van der Waals surface area contributed by atoms with Gasteiger partial charge in [0.1, 0.15) is 0 Å². The number of hydrogen-bond acceptors (Lipinski definition) is 3. The van der Waals surface area contributed by atoms with E-state index in [0.717, 1.165) is 6.42 Å². The lowest BCUT2D eigenvalue weighted by Gasteiger charge is -2.07. The summed E-state index contributed by atoms with van der Waals surface area (Å²) >= 11 is 5.69. The van der Waals surface area contributed by atoms with Gasteiger partial charge >= 0.3 is 0 Å². The van der Waals surface area contributed by atoms with Gasteiger partial charge in [-0.15, -0.1) is 0 Å². The maximum atomic E-state index is 11.9. The second kappa shape index (κ2) is 7.47. The third-order valence-electron chi connectivity index (χ3n) is 2.34. The van der Waals surface area contributed by atoms with E-state index in [2.05, 4.69) is 10.0 Å². The molecular formula is C12H17ClN2O3S. The van der Waals surface area contributed by atoms with Crippen molar-refractivity contribution >= 4 is 27.5 Å². The first kappa shape index (κ1) is 15.9. The van der Waals surface area contributed by atoms with Gasteiger partial charge in [0.25, 0.3) is 0 Å². The first-order chi connectivity index (χ1) is 8.95. The van der Waals surface area contributed by atoms with Crippen LogP contribution in [0.1, 0.15) is 19.8 Å². The zero-order valence-electron chi connectivity index (χ0n) is 10.6. The Balaban J connectivity index is 2.47. The maximum Gasteiger partial charge on any atom is 0.240 e. The third kappa shape index (κ3) is 5.59. The van der Waals surface area contributed by atoms with Crippen LogP contribution >= 0.6 is 11.6 Å². The van der Waals surface area contributed by atoms with Gasteiger partial charge in [-0.2, -0.15) is 0 Å². The van der Waals surface area contributed by atoms with Crippen molar-refractivity contribution in [3.63, 3.8) is 0 Å². The minimum Gasteiger partial charge on any atom is -0.356 e. The molecule has 19 heavy (non-hydrogen) atoms. The predicted molar refractivity (Wildman–Crippen MR) is 74.6 cm³/mol. The van der Waals surface area contributed by atoms with Crippen LogP contribution < -0.4 is 10.0 Å². The van der Waals surface area contributed by atoms with Crippen molar-refractivity contribution in [3.05, 3.63) is 29.3 Å². The van der Waals surface area contributed by atoms with E-state index < -0.39 is 10.0 Å². The number of rotatable bonds is 7. The average Bonchev–Trinajstić information content (AvgIpc) is 2.36. The SMILES string of the molecule is CCCNC(=O)CCNS(=O)(=O)c1ccc(Cl)cc1. The Labute approximate surface area is 118 Å². The maximum absolute atomic E-state index is 11.9. The van der Waals surface area contributed by atoms with Crippen molar-refractivity contribution in [2.75, 3.05) is 13.1 Å². The Morgan fingerprint density at radius 1 is 1.21 bits per heavy atom. The molecule has 106 valence electrons. The van der Waals surface area contributed by atoms with Crippen LogP contribution in [0.3, 0.4) is 0 Å². The van der Waals surface area contributed by atoms with Gasteiger partial charge in [0.2, 0.25) is 15.9 Å². The number of benzene rings is 1. The van der Waals surface area contributed by atoms with Crippen LogP contribution in [0, 0.1) is 0 Å². The predicted octanol–water partition coefficient (Wildman–Crippen LogP) is 1.53. The van der Waals surface area contributed by atoms with Gasteiger partial charge in [-0.3, -0.25) is 4.79 Å². The largest absolute Gasteiger partial charge is 0.356 e. The molecule has 0 aromatic heterocycles. The van der Waals surface area contributed by atoms with Crippen LogP contribution in [0.5, 0.6) is 0 Å². The van der Waals surface area contributed by atoms with Gasteiger partial charge in [-0.05, 0) is 30.7 Å². The average molecular weight is 305 g/mol. The van der Waals surface area contributed by atoms with Crippen LogP contribution in [-0.2, 0) is 14.8 Å². The second-order valence-corrected chi connectivity index (χ2v) is 6.16. The van der Waals surface area contributed by atoms with Gasteiger partial charge in [0.05, 0.1) is 4.90 Å². The molecule has 0 heterocycles. The van der Waals surface area contributed by atoms with E-state index in [9.17, 15) is 13.2 Å². The molecule has 5 nitrogen and oxygen atoms in total. The molecule has 0 saturated carbocycles. The fourth-order valence-electron chi connectivity index (χ4n) is 1.35. The van der Waals surface area contributed by atoms with E-state index in [4.69, 9.17) is 11.6 Å². The summed E-state index contributed by atoms with van der Waals surface area (Å²) in [6.07, 6.45) is 0.967. The summed E-state index contributed by atoms with van der Waals surface area (Å²) in [5.41, 5.74) is 0. The number of carbonyl (C=O) groups excluding carboxylic acids is 1. The molecule has 0 aliphatic rings. The van der Waals surface area contributed by atoms with Crippen molar-refractivity contribution in [2.24, 2.45) is 0 Å². The van der Waals surface area contributed by atoms with Crippen molar-refractivity contribution < 1.29 is 13.2 Å². The molecule has 0 radical (unpaired) electrons. The molecule has 0 fully saturated rings. The lowest BCUT2D eigenvalue weighted by Crippen LogP contribution is -2.31. The zero-order chi connectivity index (χ0) is 14.3. The number of halogens is 1. The lowest BCUT2D eigenvalue weighted by atomic mass is 10.4. The van der Waals surface area contributed by atoms with E-state index in [1.165, 1.54) is 24.3 Å². The molecule has 0 atom stereocenters. The number of nitrogens with one attached hydrogen (secondary N) is 2. The highest BCUT2D eigenvalue weighted by molar-refractivity contribution is 7.89. The van der Waals surface area contributed by atoms with Crippen molar-refractivity contribution in [1.29, 1.82) is 0 Å². The smallest absolute Gasteiger partial charge is 0.240 e. The van der Waals surface area contributed by atoms with E-state index in [-0.39, 0.29) is 23.8 Å². The number of carbonyl (C=O) groups is 1. The molecule has 1 amide bonds. The Morgan fingerprint density at radius 2 is 1.84 bits per heavy atom. The second-order valence-electron chi connectivity index (χ2n) is 3.95. The minimum atomic E-state index is -3.58. The van der Waals surface area contributed by atoms with Gasteiger partial charge in [0, 0.05) is 24.5 Å². The molecule has 0 aliphatic heterocycles. The Kier molecular flexibility index (Phi) is 6.27. The van der Waals surface area contributed by atoms with Gasteiger partial charge in [0.15, 0.2) is 0 Å². The molecular weight excluding hydrogens is 288 g/mol. The molecule has 0 bridgehead atoms. The molecule has 2 N–H and O–H groups in total. The highest BCUT2D eigenvalue weighted by atomic mass is 35.5. The quantitative estimate of drug-likeness (QED) is 0.802. The number of hydrogen-bond donors (Lipinski definition) is 2. The molecule has 1 aromatic carbocycles. The highest BCUT2D eigenvalue weighted by Gasteiger charge is 2.13. The monoisotopic (exact) mass is 304 g/mol. The van der Waals surface area contributed by atoms with Crippen LogP contribution in [-0.4, -0.2) is 27.4 Å². The third-order valence-corrected chi connectivity index (χ3v) is 4.07. The Hall–Kier alpha value is -1.11. The van der Waals surface area contributed by atoms with Gasteiger partial charge < -0.3 is 5.32 Å². The summed E-state index contributed by atoms with van der Waals surface area (Å²) < 4.78 is 26.1. The summed E-state index contributed by atoms with van der Waals surface area (Å²) in [5, 5.41) is 3.14.